The van der Waals surface area contributed by atoms with Crippen molar-refractivity contribution in [2.45, 2.75) is 44.8 Å². The minimum atomic E-state index is -0.902. The van der Waals surface area contributed by atoms with Crippen LogP contribution in [0.1, 0.15) is 32.6 Å². The summed E-state index contributed by atoms with van der Waals surface area (Å²) in [5, 5.41) is 12.1. The quantitative estimate of drug-likeness (QED) is 0.649. The van der Waals surface area contributed by atoms with Crippen molar-refractivity contribution in [2.24, 2.45) is 11.1 Å². The number of carboxylic acid groups (broad SMARTS) is 1. The lowest BCUT2D eigenvalue weighted by Crippen LogP contribution is -2.55. The van der Waals surface area contributed by atoms with Crippen LogP contribution in [0.25, 0.3) is 0 Å². The highest BCUT2D eigenvalue weighted by atomic mass is 16.5. The number of nitrogens with one attached hydrogen (secondary N) is 1. The number of aliphatic carboxylic acids is 1. The maximum absolute atomic E-state index is 11.9. The molecule has 104 valence electrons. The van der Waals surface area contributed by atoms with Gasteiger partial charge in [0.2, 0.25) is 0 Å². The Balaban J connectivity index is 2.74. The number of hydrogen-bond donors (Lipinski definition) is 3. The third kappa shape index (κ3) is 3.00. The summed E-state index contributed by atoms with van der Waals surface area (Å²) in [5.41, 5.74) is 4.51. The minimum Gasteiger partial charge on any atom is -0.481 e. The Bertz CT molecular complexity index is 317. The molecule has 0 aromatic heterocycles. The number of carbonyl (C=O) groups excluding carboxylic acids is 1. The predicted octanol–water partition coefficient (Wildman–Crippen LogP) is 0.110. The third-order valence-corrected chi connectivity index (χ3v) is 3.80. The highest BCUT2D eigenvalue weighted by molar-refractivity contribution is 5.83. The van der Waals surface area contributed by atoms with Gasteiger partial charge in [-0.1, -0.05) is 12.8 Å². The van der Waals surface area contributed by atoms with E-state index in [-0.39, 0.29) is 18.5 Å². The molecule has 1 rings (SSSR count). The average Bonchev–Trinajstić information content (AvgIpc) is 2.33. The van der Waals surface area contributed by atoms with Crippen molar-refractivity contribution >= 4 is 11.9 Å². The molecular weight excluding hydrogens is 236 g/mol. The molecule has 3 unspecified atom stereocenters. The number of amides is 1. The van der Waals surface area contributed by atoms with Crippen LogP contribution < -0.4 is 11.1 Å². The molecule has 0 aromatic rings. The van der Waals surface area contributed by atoms with Crippen LogP contribution in [0.15, 0.2) is 0 Å². The molecule has 0 spiro atoms. The Morgan fingerprint density at radius 1 is 1.56 bits per heavy atom. The standard InChI is InChI=1S/C12H22N2O4/c1-12(11(16)17)6-4-3-5-9(12)14-10(15)8(7-13)18-2/h8-9H,3-7,13H2,1-2H3,(H,14,15)(H,16,17). The number of rotatable bonds is 5. The van der Waals surface area contributed by atoms with Gasteiger partial charge in [-0.15, -0.1) is 0 Å². The summed E-state index contributed by atoms with van der Waals surface area (Å²) in [5.74, 6) is -1.20. The molecular formula is C12H22N2O4. The lowest BCUT2D eigenvalue weighted by Gasteiger charge is -2.38. The molecule has 1 amide bonds. The van der Waals surface area contributed by atoms with Crippen LogP contribution >= 0.6 is 0 Å². The smallest absolute Gasteiger partial charge is 0.311 e. The van der Waals surface area contributed by atoms with E-state index in [4.69, 9.17) is 10.5 Å². The predicted molar refractivity (Wildman–Crippen MR) is 66.0 cm³/mol. The van der Waals surface area contributed by atoms with Gasteiger partial charge < -0.3 is 20.9 Å². The molecule has 1 aliphatic rings. The van der Waals surface area contributed by atoms with E-state index < -0.39 is 17.5 Å². The van der Waals surface area contributed by atoms with E-state index in [2.05, 4.69) is 5.32 Å². The molecule has 1 saturated carbocycles. The molecule has 6 nitrogen and oxygen atoms in total. The summed E-state index contributed by atoms with van der Waals surface area (Å²) >= 11 is 0. The van der Waals surface area contributed by atoms with Gasteiger partial charge in [-0.05, 0) is 19.8 Å². The fraction of sp³-hybridized carbons (Fsp3) is 0.833. The number of hydrogen-bond acceptors (Lipinski definition) is 4. The zero-order chi connectivity index (χ0) is 13.8. The minimum absolute atomic E-state index is 0.0822. The van der Waals surface area contributed by atoms with Crippen LogP contribution in [0, 0.1) is 5.41 Å². The van der Waals surface area contributed by atoms with Gasteiger partial charge in [-0.3, -0.25) is 9.59 Å². The number of ether oxygens (including phenoxy) is 1. The molecule has 0 aliphatic heterocycles. The van der Waals surface area contributed by atoms with Crippen LogP contribution in [0.4, 0.5) is 0 Å². The van der Waals surface area contributed by atoms with E-state index in [0.717, 1.165) is 12.8 Å². The number of carbonyl (C=O) groups is 2. The molecule has 3 atom stereocenters. The van der Waals surface area contributed by atoms with Crippen molar-refractivity contribution in [3.05, 3.63) is 0 Å². The Kier molecular flexibility index (Phi) is 5.10. The fourth-order valence-corrected chi connectivity index (χ4v) is 2.40. The van der Waals surface area contributed by atoms with Crippen molar-refractivity contribution in [3.63, 3.8) is 0 Å². The van der Waals surface area contributed by atoms with Gasteiger partial charge in [0, 0.05) is 19.7 Å². The maximum atomic E-state index is 11.9. The summed E-state index contributed by atoms with van der Waals surface area (Å²) in [6, 6.07) is -0.361. The van der Waals surface area contributed by atoms with Gasteiger partial charge in [0.1, 0.15) is 6.10 Å². The molecule has 0 radical (unpaired) electrons. The summed E-state index contributed by atoms with van der Waals surface area (Å²) in [6.07, 6.45) is 2.33. The van der Waals surface area contributed by atoms with Crippen LogP contribution in [0.3, 0.4) is 0 Å². The van der Waals surface area contributed by atoms with E-state index in [0.29, 0.717) is 12.8 Å². The van der Waals surface area contributed by atoms with Gasteiger partial charge in [0.25, 0.3) is 5.91 Å². The summed E-state index contributed by atoms with van der Waals surface area (Å²) in [7, 11) is 1.41. The lowest BCUT2D eigenvalue weighted by molar-refractivity contribution is -0.152. The van der Waals surface area contributed by atoms with Crippen LogP contribution in [0.2, 0.25) is 0 Å². The van der Waals surface area contributed by atoms with Crippen molar-refractivity contribution < 1.29 is 19.4 Å². The summed E-state index contributed by atoms with van der Waals surface area (Å²) in [4.78, 5) is 23.2. The van der Waals surface area contributed by atoms with Gasteiger partial charge in [0.05, 0.1) is 5.41 Å². The van der Waals surface area contributed by atoms with Gasteiger partial charge >= 0.3 is 5.97 Å². The number of nitrogens with two attached hydrogens (primary N) is 1. The van der Waals surface area contributed by atoms with Gasteiger partial charge in [0.15, 0.2) is 0 Å². The Labute approximate surface area is 107 Å². The molecule has 6 heteroatoms. The first-order chi connectivity index (χ1) is 8.45. The molecule has 0 bridgehead atoms. The Hall–Kier alpha value is -1.14. The SMILES string of the molecule is COC(CN)C(=O)NC1CCCCC1(C)C(=O)O. The van der Waals surface area contributed by atoms with Crippen molar-refractivity contribution in [1.29, 1.82) is 0 Å². The highest BCUT2D eigenvalue weighted by Gasteiger charge is 2.44. The number of methoxy groups -OCH3 is 1. The fourth-order valence-electron chi connectivity index (χ4n) is 2.40. The molecule has 0 saturated heterocycles. The molecule has 4 N–H and O–H groups in total. The van der Waals surface area contributed by atoms with Crippen molar-refractivity contribution in [1.82, 2.24) is 5.32 Å². The monoisotopic (exact) mass is 258 g/mol. The van der Waals surface area contributed by atoms with Crippen LogP contribution in [-0.4, -0.2) is 42.8 Å². The lowest BCUT2D eigenvalue weighted by atomic mass is 9.71. The second-order valence-corrected chi connectivity index (χ2v) is 4.99. The summed E-state index contributed by atoms with van der Waals surface area (Å²) in [6.45, 7) is 1.77. The van der Waals surface area contributed by atoms with E-state index in [1.165, 1.54) is 7.11 Å². The van der Waals surface area contributed by atoms with Crippen LogP contribution in [-0.2, 0) is 14.3 Å². The number of carboxylic acids is 1. The topological polar surface area (TPSA) is 102 Å². The zero-order valence-corrected chi connectivity index (χ0v) is 10.9. The van der Waals surface area contributed by atoms with Crippen molar-refractivity contribution in [2.75, 3.05) is 13.7 Å². The molecule has 0 aromatic carbocycles. The second kappa shape index (κ2) is 6.15. The van der Waals surface area contributed by atoms with Crippen molar-refractivity contribution in [3.8, 4) is 0 Å². The normalized spacial score (nSPS) is 29.6. The first-order valence-electron chi connectivity index (χ1n) is 6.22. The molecule has 0 heterocycles. The van der Waals surface area contributed by atoms with E-state index in [1.54, 1.807) is 6.92 Å². The Morgan fingerprint density at radius 3 is 2.72 bits per heavy atom. The second-order valence-electron chi connectivity index (χ2n) is 4.99. The Morgan fingerprint density at radius 2 is 2.22 bits per heavy atom. The first-order valence-corrected chi connectivity index (χ1v) is 6.22. The third-order valence-electron chi connectivity index (χ3n) is 3.80. The van der Waals surface area contributed by atoms with Gasteiger partial charge in [-0.25, -0.2) is 0 Å². The van der Waals surface area contributed by atoms with Crippen LogP contribution in [0.5, 0.6) is 0 Å². The zero-order valence-electron chi connectivity index (χ0n) is 10.9. The average molecular weight is 258 g/mol. The molecule has 1 aliphatic carbocycles. The summed E-state index contributed by atoms with van der Waals surface area (Å²) < 4.78 is 4.95. The molecule has 18 heavy (non-hydrogen) atoms. The van der Waals surface area contributed by atoms with E-state index in [1.807, 2.05) is 0 Å². The first kappa shape index (κ1) is 14.9. The van der Waals surface area contributed by atoms with E-state index >= 15 is 0 Å². The molecule has 1 fully saturated rings. The van der Waals surface area contributed by atoms with E-state index in [9.17, 15) is 14.7 Å². The maximum Gasteiger partial charge on any atom is 0.311 e. The largest absolute Gasteiger partial charge is 0.481 e. The highest BCUT2D eigenvalue weighted by Crippen LogP contribution is 2.36. The van der Waals surface area contributed by atoms with Gasteiger partial charge in [-0.2, -0.15) is 0 Å².